The van der Waals surface area contributed by atoms with E-state index in [0.29, 0.717) is 0 Å². The number of hydrogen-bond donors (Lipinski definition) is 2. The monoisotopic (exact) mass is 328 g/mol. The molecule has 1 aliphatic rings. The second kappa shape index (κ2) is 5.55. The van der Waals surface area contributed by atoms with E-state index < -0.39 is 17.4 Å². The van der Waals surface area contributed by atoms with Gasteiger partial charge in [0.25, 0.3) is 0 Å². The summed E-state index contributed by atoms with van der Waals surface area (Å²) < 4.78 is 1.02. The van der Waals surface area contributed by atoms with Crippen LogP contribution in [-0.2, 0) is 0 Å². The third-order valence-electron chi connectivity index (χ3n) is 3.13. The molecule has 4 nitrogen and oxygen atoms in total. The van der Waals surface area contributed by atoms with Crippen molar-refractivity contribution in [2.24, 2.45) is 0 Å². The van der Waals surface area contributed by atoms with Crippen LogP contribution < -0.4 is 4.46 Å². The van der Waals surface area contributed by atoms with Crippen LogP contribution in [0.5, 0.6) is 0 Å². The van der Waals surface area contributed by atoms with Gasteiger partial charge in [-0.05, 0) is 0 Å². The zero-order valence-electron chi connectivity index (χ0n) is 10.7. The number of rotatable bonds is 5. The quantitative estimate of drug-likeness (QED) is 0.361. The number of fused-ring (bicyclic) bond motifs is 1. The molecule has 0 saturated heterocycles. The van der Waals surface area contributed by atoms with Gasteiger partial charge < -0.3 is 0 Å². The van der Waals surface area contributed by atoms with E-state index in [4.69, 9.17) is 0 Å². The van der Waals surface area contributed by atoms with Crippen LogP contribution in [0.25, 0.3) is 0 Å². The fourth-order valence-electron chi connectivity index (χ4n) is 2.02. The molecule has 102 valence electrons. The van der Waals surface area contributed by atoms with Crippen LogP contribution in [0.15, 0.2) is 18.2 Å². The summed E-state index contributed by atoms with van der Waals surface area (Å²) in [6.07, 6.45) is 3.52. The van der Waals surface area contributed by atoms with Crippen molar-refractivity contribution < 1.29 is 19.8 Å². The Morgan fingerprint density at radius 2 is 1.79 bits per heavy atom. The Morgan fingerprint density at radius 1 is 1.11 bits per heavy atom. The zero-order chi connectivity index (χ0) is 14.0. The van der Waals surface area contributed by atoms with Gasteiger partial charge in [-0.15, -0.1) is 0 Å². The Hall–Kier alpha value is -1.00. The summed E-state index contributed by atoms with van der Waals surface area (Å²) in [6, 6.07) is 4.97. The van der Waals surface area contributed by atoms with Crippen LogP contribution in [0.2, 0.25) is 5.32 Å². The SMILES string of the molecule is CCCCC[Se]c1ccc2c(c1)C(=O)C(O)(O)C2=O. The number of benzene rings is 1. The summed E-state index contributed by atoms with van der Waals surface area (Å²) >= 11 is 0.254. The van der Waals surface area contributed by atoms with Gasteiger partial charge >= 0.3 is 117 Å². The van der Waals surface area contributed by atoms with Crippen molar-refractivity contribution in [2.75, 3.05) is 0 Å². The molecule has 2 N–H and O–H groups in total. The molecule has 0 radical (unpaired) electrons. The fourth-order valence-corrected chi connectivity index (χ4v) is 4.01. The van der Waals surface area contributed by atoms with E-state index in [0.717, 1.165) is 16.2 Å². The van der Waals surface area contributed by atoms with E-state index in [1.807, 2.05) is 0 Å². The van der Waals surface area contributed by atoms with Crippen LogP contribution >= 0.6 is 0 Å². The van der Waals surface area contributed by atoms with Crippen molar-refractivity contribution in [1.29, 1.82) is 0 Å². The molecule has 1 aliphatic carbocycles. The van der Waals surface area contributed by atoms with E-state index in [-0.39, 0.29) is 26.1 Å². The zero-order valence-corrected chi connectivity index (χ0v) is 12.4. The van der Waals surface area contributed by atoms with Crippen LogP contribution in [0, 0.1) is 0 Å². The number of hydrogen-bond acceptors (Lipinski definition) is 4. The Bertz CT molecular complexity index is 522. The first-order chi connectivity index (χ1) is 8.98. The Kier molecular flexibility index (Phi) is 4.21. The minimum absolute atomic E-state index is 0.114. The second-order valence-electron chi connectivity index (χ2n) is 4.59. The summed E-state index contributed by atoms with van der Waals surface area (Å²) in [7, 11) is 0. The molecule has 0 unspecified atom stereocenters. The van der Waals surface area contributed by atoms with Crippen LogP contribution in [-0.4, -0.2) is 42.5 Å². The van der Waals surface area contributed by atoms with Gasteiger partial charge in [0, 0.05) is 0 Å². The van der Waals surface area contributed by atoms with Gasteiger partial charge in [-0.25, -0.2) is 0 Å². The number of unbranched alkanes of at least 4 members (excludes halogenated alkanes) is 2. The molecule has 19 heavy (non-hydrogen) atoms. The number of Topliss-reactive ketones (excluding diaryl/α,β-unsaturated/α-hetero) is 2. The van der Waals surface area contributed by atoms with Gasteiger partial charge in [0.2, 0.25) is 0 Å². The minimum atomic E-state index is -2.86. The molecular formula is C14H16O4Se. The van der Waals surface area contributed by atoms with Crippen LogP contribution in [0.3, 0.4) is 0 Å². The normalized spacial score (nSPS) is 16.8. The van der Waals surface area contributed by atoms with Gasteiger partial charge in [0.1, 0.15) is 0 Å². The number of aliphatic hydroxyl groups is 2. The Balaban J connectivity index is 2.16. The van der Waals surface area contributed by atoms with Gasteiger partial charge in [0.05, 0.1) is 0 Å². The number of ketones is 2. The van der Waals surface area contributed by atoms with Crippen LogP contribution in [0.4, 0.5) is 0 Å². The van der Waals surface area contributed by atoms with Gasteiger partial charge in [-0.2, -0.15) is 0 Å². The molecule has 1 aromatic rings. The third-order valence-corrected chi connectivity index (χ3v) is 5.40. The Morgan fingerprint density at radius 3 is 2.47 bits per heavy atom. The molecule has 2 rings (SSSR count). The first-order valence-corrected chi connectivity index (χ1v) is 8.36. The van der Waals surface area contributed by atoms with Crippen molar-refractivity contribution in [3.63, 3.8) is 0 Å². The van der Waals surface area contributed by atoms with Crippen molar-refractivity contribution >= 4 is 31.0 Å². The van der Waals surface area contributed by atoms with Crippen molar-refractivity contribution in [1.82, 2.24) is 0 Å². The molecule has 5 heteroatoms. The molecular weight excluding hydrogens is 311 g/mol. The molecule has 0 aliphatic heterocycles. The topological polar surface area (TPSA) is 74.6 Å². The molecule has 0 amide bonds. The van der Waals surface area contributed by atoms with E-state index in [1.165, 1.54) is 18.9 Å². The van der Waals surface area contributed by atoms with Gasteiger partial charge in [0.15, 0.2) is 0 Å². The summed E-state index contributed by atoms with van der Waals surface area (Å²) in [6.45, 7) is 2.15. The first-order valence-electron chi connectivity index (χ1n) is 6.29. The van der Waals surface area contributed by atoms with Gasteiger partial charge in [-0.1, -0.05) is 0 Å². The average Bonchev–Trinajstić information content (AvgIpc) is 2.57. The summed E-state index contributed by atoms with van der Waals surface area (Å²) in [5.41, 5.74) is 0.257. The predicted molar refractivity (Wildman–Crippen MR) is 72.0 cm³/mol. The van der Waals surface area contributed by atoms with Gasteiger partial charge in [-0.3, -0.25) is 0 Å². The molecule has 1 aromatic carbocycles. The Labute approximate surface area is 118 Å². The fraction of sp³-hybridized carbons (Fsp3) is 0.429. The van der Waals surface area contributed by atoms with Crippen molar-refractivity contribution in [3.05, 3.63) is 29.3 Å². The third kappa shape index (κ3) is 2.65. The number of carbonyl (C=O) groups is 2. The van der Waals surface area contributed by atoms with Crippen molar-refractivity contribution in [2.45, 2.75) is 37.3 Å². The van der Waals surface area contributed by atoms with E-state index in [2.05, 4.69) is 6.92 Å². The maximum absolute atomic E-state index is 11.7. The molecule has 0 aromatic heterocycles. The maximum atomic E-state index is 11.7. The van der Waals surface area contributed by atoms with Crippen LogP contribution in [0.1, 0.15) is 46.9 Å². The summed E-state index contributed by atoms with van der Waals surface area (Å²) in [4.78, 5) is 23.4. The summed E-state index contributed by atoms with van der Waals surface area (Å²) in [5, 5.41) is 20.0. The summed E-state index contributed by atoms with van der Waals surface area (Å²) in [5.74, 6) is -4.69. The average molecular weight is 327 g/mol. The standard InChI is InChI=1S/C14H16O4Se/c1-2-3-4-7-19-9-5-6-10-11(8-9)13(16)14(17,18)12(10)15/h5-6,8,17-18H,2-4,7H2,1H3. The van der Waals surface area contributed by atoms with E-state index >= 15 is 0 Å². The predicted octanol–water partition coefficient (Wildman–Crippen LogP) is 0.684. The molecule has 0 fully saturated rings. The molecule has 0 atom stereocenters. The van der Waals surface area contributed by atoms with E-state index in [9.17, 15) is 19.8 Å². The first kappa shape index (κ1) is 14.4. The molecule has 0 saturated carbocycles. The number of carbonyl (C=O) groups excluding carboxylic acids is 2. The molecule has 0 spiro atoms. The van der Waals surface area contributed by atoms with Crippen molar-refractivity contribution in [3.8, 4) is 0 Å². The molecule has 0 heterocycles. The second-order valence-corrected chi connectivity index (χ2v) is 7.04. The molecule has 0 bridgehead atoms. The van der Waals surface area contributed by atoms with E-state index in [1.54, 1.807) is 12.1 Å².